The number of nitrogens with one attached hydrogen (secondary N) is 2. The van der Waals surface area contributed by atoms with Crippen LogP contribution in [0.1, 0.15) is 11.1 Å². The van der Waals surface area contributed by atoms with Crippen LogP contribution in [-0.4, -0.2) is 34.2 Å². The van der Waals surface area contributed by atoms with Crippen LogP contribution >= 0.6 is 11.8 Å². The first-order valence-corrected chi connectivity index (χ1v) is 13.1. The van der Waals surface area contributed by atoms with Gasteiger partial charge < -0.3 is 15.4 Å². The zero-order chi connectivity index (χ0) is 29.4. The number of ether oxygens (including phenoxy) is 1. The van der Waals surface area contributed by atoms with E-state index in [1.165, 1.54) is 36.0 Å². The number of benzene rings is 3. The highest BCUT2D eigenvalue weighted by Crippen LogP contribution is 2.32. The van der Waals surface area contributed by atoms with Crippen molar-refractivity contribution in [1.29, 1.82) is 10.5 Å². The third-order valence-corrected chi connectivity index (χ3v) is 6.24. The molecule has 1 heterocycles. The van der Waals surface area contributed by atoms with Crippen molar-refractivity contribution in [3.05, 3.63) is 99.6 Å². The molecule has 1 aromatic heterocycles. The summed E-state index contributed by atoms with van der Waals surface area (Å²) in [5.41, 5.74) is 2.04. The molecule has 0 atom stereocenters. The third-order valence-electron chi connectivity index (χ3n) is 5.69. The molecule has 0 spiro atoms. The monoisotopic (exact) mass is 563 g/mol. The lowest BCUT2D eigenvalue weighted by molar-refractivity contribution is -0.384. The van der Waals surface area contributed by atoms with E-state index in [4.69, 9.17) is 4.74 Å². The highest BCUT2D eigenvalue weighted by Gasteiger charge is 2.19. The van der Waals surface area contributed by atoms with Crippen molar-refractivity contribution >= 4 is 46.6 Å². The first kappa shape index (κ1) is 28.3. The molecule has 3 aromatic carbocycles. The number of anilines is 3. The summed E-state index contributed by atoms with van der Waals surface area (Å²) in [5.74, 6) is 0.242. The lowest BCUT2D eigenvalue weighted by atomic mass is 10.1. The number of nitriles is 2. The zero-order valence-corrected chi connectivity index (χ0v) is 22.6. The van der Waals surface area contributed by atoms with Gasteiger partial charge in [0, 0.05) is 29.1 Å². The lowest BCUT2D eigenvalue weighted by Gasteiger charge is -2.13. The summed E-state index contributed by atoms with van der Waals surface area (Å²) in [6.45, 7) is 0. The Morgan fingerprint density at radius 1 is 1.05 bits per heavy atom. The number of nitrogens with zero attached hydrogens (tertiary/aromatic N) is 5. The molecule has 0 radical (unpaired) electrons. The van der Waals surface area contributed by atoms with Gasteiger partial charge in [0.2, 0.25) is 0 Å². The van der Waals surface area contributed by atoms with Crippen LogP contribution in [-0.2, 0) is 4.79 Å². The number of hydrogen-bond donors (Lipinski definition) is 2. The molecule has 0 fully saturated rings. The van der Waals surface area contributed by atoms with Crippen molar-refractivity contribution in [2.45, 2.75) is 5.16 Å². The largest absolute Gasteiger partial charge is 0.497 e. The van der Waals surface area contributed by atoms with Crippen LogP contribution in [0.15, 0.2) is 83.5 Å². The Kier molecular flexibility index (Phi) is 8.89. The van der Waals surface area contributed by atoms with Crippen molar-refractivity contribution in [2.24, 2.45) is 0 Å². The molecular formula is C29H21N7O4S. The number of amides is 1. The van der Waals surface area contributed by atoms with E-state index in [0.29, 0.717) is 33.4 Å². The van der Waals surface area contributed by atoms with E-state index in [2.05, 4.69) is 26.7 Å². The molecule has 0 saturated heterocycles. The SMILES string of the molecule is COc1ccc(/C=C(\C#N)C(=O)Nc2cccc(Nc3nc(SC)nc(-c4cccc([N+](=O)[O-])c4)c3C#N)c2)cc1. The molecule has 0 saturated carbocycles. The number of carbonyl (C=O) groups is 1. The van der Waals surface area contributed by atoms with Crippen molar-refractivity contribution in [1.82, 2.24) is 9.97 Å². The van der Waals surface area contributed by atoms with E-state index >= 15 is 0 Å². The summed E-state index contributed by atoms with van der Waals surface area (Å²) < 4.78 is 5.13. The minimum Gasteiger partial charge on any atom is -0.497 e. The van der Waals surface area contributed by atoms with Crippen molar-refractivity contribution in [3.63, 3.8) is 0 Å². The number of nitro groups is 1. The number of non-ortho nitro benzene ring substituents is 1. The van der Waals surface area contributed by atoms with E-state index < -0.39 is 10.8 Å². The standard InChI is InChI=1S/C29H21N7O4S/c1-40-24-11-9-18(10-12-24)13-20(16-30)28(37)33-22-7-4-6-21(15-22)32-27-25(17-31)26(34-29(35-27)41-2)19-5-3-8-23(14-19)36(38)39/h3-15H,1-2H3,(H,33,37)(H,32,34,35)/b20-13+. The van der Waals surface area contributed by atoms with Gasteiger partial charge in [-0.15, -0.1) is 0 Å². The summed E-state index contributed by atoms with van der Waals surface area (Å²) in [5, 5.41) is 37.0. The fourth-order valence-corrected chi connectivity index (χ4v) is 4.09. The average Bonchev–Trinajstić information content (AvgIpc) is 2.99. The maximum atomic E-state index is 12.8. The number of rotatable bonds is 9. The van der Waals surface area contributed by atoms with Gasteiger partial charge in [-0.2, -0.15) is 10.5 Å². The second-order valence-corrected chi connectivity index (χ2v) is 9.08. The summed E-state index contributed by atoms with van der Waals surface area (Å²) in [7, 11) is 1.55. The highest BCUT2D eigenvalue weighted by molar-refractivity contribution is 7.98. The van der Waals surface area contributed by atoms with Gasteiger partial charge in [-0.05, 0) is 48.2 Å². The van der Waals surface area contributed by atoms with Crippen molar-refractivity contribution in [3.8, 4) is 29.1 Å². The first-order chi connectivity index (χ1) is 19.8. The summed E-state index contributed by atoms with van der Waals surface area (Å²) in [6, 6.07) is 23.4. The Hall–Kier alpha value is -5.72. The van der Waals surface area contributed by atoms with Crippen LogP contribution < -0.4 is 15.4 Å². The first-order valence-electron chi connectivity index (χ1n) is 11.9. The molecule has 4 rings (SSSR count). The van der Waals surface area contributed by atoms with E-state index in [9.17, 15) is 25.4 Å². The van der Waals surface area contributed by atoms with E-state index in [-0.39, 0.29) is 28.3 Å². The topological polar surface area (TPSA) is 167 Å². The highest BCUT2D eigenvalue weighted by atomic mass is 32.2. The van der Waals surface area contributed by atoms with Crippen LogP contribution in [0.4, 0.5) is 22.9 Å². The Balaban J connectivity index is 1.62. The van der Waals surface area contributed by atoms with E-state index in [1.807, 2.05) is 6.07 Å². The number of aromatic nitrogens is 2. The molecular weight excluding hydrogens is 542 g/mol. The van der Waals surface area contributed by atoms with Crippen LogP contribution in [0.5, 0.6) is 5.75 Å². The second kappa shape index (κ2) is 12.9. The van der Waals surface area contributed by atoms with Crippen LogP contribution in [0, 0.1) is 32.8 Å². The van der Waals surface area contributed by atoms with Crippen molar-refractivity contribution in [2.75, 3.05) is 24.0 Å². The van der Waals surface area contributed by atoms with Crippen LogP contribution in [0.25, 0.3) is 17.3 Å². The third kappa shape index (κ3) is 6.84. The van der Waals surface area contributed by atoms with Gasteiger partial charge in [0.15, 0.2) is 11.0 Å². The van der Waals surface area contributed by atoms with Gasteiger partial charge in [-0.25, -0.2) is 9.97 Å². The Bertz CT molecular complexity index is 1740. The van der Waals surface area contributed by atoms with Gasteiger partial charge in [0.25, 0.3) is 11.6 Å². The minimum absolute atomic E-state index is 0.0897. The predicted octanol–water partition coefficient (Wildman–Crippen LogP) is 5.94. The fraction of sp³-hybridized carbons (Fsp3) is 0.0690. The molecule has 0 unspecified atom stereocenters. The molecule has 41 heavy (non-hydrogen) atoms. The van der Waals surface area contributed by atoms with Gasteiger partial charge in [-0.1, -0.05) is 42.1 Å². The smallest absolute Gasteiger partial charge is 0.270 e. The molecule has 12 heteroatoms. The molecule has 0 aliphatic carbocycles. The number of methoxy groups -OCH3 is 1. The Labute approximate surface area is 239 Å². The quantitative estimate of drug-likeness (QED) is 0.0621. The Morgan fingerprint density at radius 3 is 2.44 bits per heavy atom. The molecule has 1 amide bonds. The zero-order valence-electron chi connectivity index (χ0n) is 21.8. The molecule has 0 bridgehead atoms. The van der Waals surface area contributed by atoms with Crippen LogP contribution in [0.3, 0.4) is 0 Å². The summed E-state index contributed by atoms with van der Waals surface area (Å²) in [6.07, 6.45) is 3.24. The Morgan fingerprint density at radius 2 is 1.78 bits per heavy atom. The maximum Gasteiger partial charge on any atom is 0.270 e. The summed E-state index contributed by atoms with van der Waals surface area (Å²) in [4.78, 5) is 32.5. The molecule has 11 nitrogen and oxygen atoms in total. The fourth-order valence-electron chi connectivity index (χ4n) is 3.73. The minimum atomic E-state index is -0.599. The lowest BCUT2D eigenvalue weighted by Crippen LogP contribution is -2.13. The molecule has 2 N–H and O–H groups in total. The number of thioether (sulfide) groups is 1. The van der Waals surface area contributed by atoms with Gasteiger partial charge in [-0.3, -0.25) is 14.9 Å². The maximum absolute atomic E-state index is 12.8. The second-order valence-electron chi connectivity index (χ2n) is 8.30. The molecule has 4 aromatic rings. The van der Waals surface area contributed by atoms with Crippen molar-refractivity contribution < 1.29 is 14.5 Å². The normalized spacial score (nSPS) is 10.7. The van der Waals surface area contributed by atoms with Gasteiger partial charge in [0.1, 0.15) is 29.0 Å². The molecule has 0 aliphatic rings. The summed E-state index contributed by atoms with van der Waals surface area (Å²) >= 11 is 1.25. The number of hydrogen-bond acceptors (Lipinski definition) is 10. The molecule has 0 aliphatic heterocycles. The molecule has 202 valence electrons. The van der Waals surface area contributed by atoms with Gasteiger partial charge in [0.05, 0.1) is 17.7 Å². The van der Waals surface area contributed by atoms with E-state index in [0.717, 1.165) is 0 Å². The van der Waals surface area contributed by atoms with Gasteiger partial charge >= 0.3 is 0 Å². The van der Waals surface area contributed by atoms with Crippen LogP contribution in [0.2, 0.25) is 0 Å². The average molecular weight is 564 g/mol. The van der Waals surface area contributed by atoms with E-state index in [1.54, 1.807) is 68.0 Å². The number of nitro benzene ring substituents is 1. The number of carbonyl (C=O) groups excluding carboxylic acids is 1. The predicted molar refractivity (Wildman–Crippen MR) is 156 cm³/mol.